The van der Waals surface area contributed by atoms with Gasteiger partial charge in [0, 0.05) is 12.2 Å². The van der Waals surface area contributed by atoms with Crippen LogP contribution in [0.4, 0.5) is 5.69 Å². The van der Waals surface area contributed by atoms with Crippen LogP contribution in [-0.2, 0) is 0 Å². The lowest BCUT2D eigenvalue weighted by Gasteiger charge is -2.21. The van der Waals surface area contributed by atoms with Gasteiger partial charge in [-0.15, -0.1) is 0 Å². The van der Waals surface area contributed by atoms with E-state index in [2.05, 4.69) is 55.6 Å². The maximum atomic E-state index is 3.69. The van der Waals surface area contributed by atoms with Gasteiger partial charge in [0.15, 0.2) is 0 Å². The number of nitrogens with one attached hydrogen (secondary N) is 1. The molecule has 2 aliphatic rings. The van der Waals surface area contributed by atoms with E-state index >= 15 is 0 Å². The summed E-state index contributed by atoms with van der Waals surface area (Å²) in [6, 6.07) is 8.74. The molecule has 1 nitrogen and oxygen atoms in total. The molecular formula is C17H23N. The topological polar surface area (TPSA) is 12.0 Å². The summed E-state index contributed by atoms with van der Waals surface area (Å²) in [6.45, 7) is 5.66. The minimum absolute atomic E-state index is 0.591. The van der Waals surface area contributed by atoms with Crippen LogP contribution in [0.15, 0.2) is 36.4 Å². The highest BCUT2D eigenvalue weighted by Gasteiger charge is 2.35. The molecule has 2 bridgehead atoms. The zero-order valence-corrected chi connectivity index (χ0v) is 11.4. The Hall–Kier alpha value is -1.24. The number of benzene rings is 1. The van der Waals surface area contributed by atoms with Crippen molar-refractivity contribution in [3.05, 3.63) is 42.0 Å². The molecule has 0 radical (unpaired) electrons. The van der Waals surface area contributed by atoms with Gasteiger partial charge in [-0.25, -0.2) is 0 Å². The van der Waals surface area contributed by atoms with Gasteiger partial charge < -0.3 is 5.32 Å². The molecule has 1 heteroatoms. The monoisotopic (exact) mass is 241 g/mol. The summed E-state index contributed by atoms with van der Waals surface area (Å²) < 4.78 is 0. The molecular weight excluding hydrogens is 218 g/mol. The first-order valence-electron chi connectivity index (χ1n) is 7.25. The Morgan fingerprint density at radius 3 is 2.67 bits per heavy atom. The highest BCUT2D eigenvalue weighted by molar-refractivity contribution is 5.52. The van der Waals surface area contributed by atoms with Gasteiger partial charge in [-0.2, -0.15) is 0 Å². The predicted octanol–water partition coefficient (Wildman–Crippen LogP) is 4.43. The molecule has 1 aromatic rings. The largest absolute Gasteiger partial charge is 0.385 e. The molecule has 1 aromatic carbocycles. The van der Waals surface area contributed by atoms with E-state index in [9.17, 15) is 0 Å². The lowest BCUT2D eigenvalue weighted by molar-refractivity contribution is 0.471. The van der Waals surface area contributed by atoms with Gasteiger partial charge in [-0.05, 0) is 48.1 Å². The first-order chi connectivity index (χ1) is 8.74. The SMILES string of the molecule is CC(C)c1ccccc1NCC1CC2C=CC1C2. The minimum Gasteiger partial charge on any atom is -0.385 e. The summed E-state index contributed by atoms with van der Waals surface area (Å²) >= 11 is 0. The number of hydrogen-bond acceptors (Lipinski definition) is 1. The summed E-state index contributed by atoms with van der Waals surface area (Å²) in [5, 5.41) is 3.69. The van der Waals surface area contributed by atoms with Crippen LogP contribution in [0.5, 0.6) is 0 Å². The molecule has 18 heavy (non-hydrogen) atoms. The normalized spacial score (nSPS) is 29.2. The van der Waals surface area contributed by atoms with Crippen LogP contribution in [0.25, 0.3) is 0 Å². The van der Waals surface area contributed by atoms with Crippen LogP contribution in [0.2, 0.25) is 0 Å². The standard InChI is InChI=1S/C17H23N/c1-12(2)16-5-3-4-6-17(16)18-11-15-10-13-7-8-14(15)9-13/h3-8,12-15,18H,9-11H2,1-2H3. The summed E-state index contributed by atoms with van der Waals surface area (Å²) in [7, 11) is 0. The van der Waals surface area contributed by atoms with E-state index in [-0.39, 0.29) is 0 Å². The van der Waals surface area contributed by atoms with Crippen molar-refractivity contribution in [3.8, 4) is 0 Å². The van der Waals surface area contributed by atoms with Gasteiger partial charge in [0.1, 0.15) is 0 Å². The van der Waals surface area contributed by atoms with Crippen molar-refractivity contribution in [1.29, 1.82) is 0 Å². The number of anilines is 1. The molecule has 0 saturated heterocycles. The van der Waals surface area contributed by atoms with Crippen LogP contribution in [0.3, 0.4) is 0 Å². The number of rotatable bonds is 4. The fraction of sp³-hybridized carbons (Fsp3) is 0.529. The Labute approximate surface area is 110 Å². The molecule has 0 heterocycles. The van der Waals surface area contributed by atoms with Gasteiger partial charge in [-0.3, -0.25) is 0 Å². The van der Waals surface area contributed by atoms with Gasteiger partial charge in [0.05, 0.1) is 0 Å². The van der Waals surface area contributed by atoms with Crippen LogP contribution in [0.1, 0.15) is 38.2 Å². The third kappa shape index (κ3) is 2.19. The van der Waals surface area contributed by atoms with Crippen molar-refractivity contribution in [3.63, 3.8) is 0 Å². The second kappa shape index (κ2) is 4.79. The van der Waals surface area contributed by atoms with E-state index in [1.54, 1.807) is 0 Å². The van der Waals surface area contributed by atoms with Crippen LogP contribution in [0, 0.1) is 17.8 Å². The third-order valence-corrected chi connectivity index (χ3v) is 4.55. The fourth-order valence-corrected chi connectivity index (χ4v) is 3.53. The Bertz CT molecular complexity index is 447. The zero-order valence-electron chi connectivity index (χ0n) is 11.4. The van der Waals surface area contributed by atoms with Crippen molar-refractivity contribution in [1.82, 2.24) is 0 Å². The van der Waals surface area contributed by atoms with Crippen molar-refractivity contribution in [2.45, 2.75) is 32.6 Å². The van der Waals surface area contributed by atoms with Crippen LogP contribution >= 0.6 is 0 Å². The van der Waals surface area contributed by atoms with E-state index in [0.29, 0.717) is 5.92 Å². The second-order valence-corrected chi connectivity index (χ2v) is 6.16. The molecule has 2 aliphatic carbocycles. The Kier molecular flexibility index (Phi) is 3.15. The maximum Gasteiger partial charge on any atom is 0.0375 e. The molecule has 3 unspecified atom stereocenters. The molecule has 0 aliphatic heterocycles. The second-order valence-electron chi connectivity index (χ2n) is 6.16. The predicted molar refractivity (Wildman–Crippen MR) is 77.9 cm³/mol. The smallest absolute Gasteiger partial charge is 0.0375 e. The molecule has 1 N–H and O–H groups in total. The van der Waals surface area contributed by atoms with Crippen molar-refractivity contribution in [2.24, 2.45) is 17.8 Å². The summed E-state index contributed by atoms with van der Waals surface area (Å²) in [5.74, 6) is 3.16. The first kappa shape index (κ1) is 11.8. The van der Waals surface area contributed by atoms with Gasteiger partial charge in [0.25, 0.3) is 0 Å². The number of hydrogen-bond donors (Lipinski definition) is 1. The lowest BCUT2D eigenvalue weighted by Crippen LogP contribution is -2.19. The van der Waals surface area contributed by atoms with Crippen LogP contribution < -0.4 is 5.32 Å². The average Bonchev–Trinajstić information content (AvgIpc) is 2.98. The van der Waals surface area contributed by atoms with E-state index in [1.807, 2.05) is 0 Å². The molecule has 1 saturated carbocycles. The van der Waals surface area contributed by atoms with Gasteiger partial charge >= 0.3 is 0 Å². The van der Waals surface area contributed by atoms with E-state index < -0.39 is 0 Å². The highest BCUT2D eigenvalue weighted by Crippen LogP contribution is 2.43. The Morgan fingerprint density at radius 1 is 1.17 bits per heavy atom. The number of para-hydroxylation sites is 1. The number of allylic oxidation sites excluding steroid dienone is 2. The zero-order chi connectivity index (χ0) is 12.5. The maximum absolute atomic E-state index is 3.69. The average molecular weight is 241 g/mol. The molecule has 0 aromatic heterocycles. The summed E-state index contributed by atoms with van der Waals surface area (Å²) in [4.78, 5) is 0. The van der Waals surface area contributed by atoms with Crippen molar-refractivity contribution < 1.29 is 0 Å². The molecule has 3 rings (SSSR count). The number of fused-ring (bicyclic) bond motifs is 2. The third-order valence-electron chi connectivity index (χ3n) is 4.55. The van der Waals surface area contributed by atoms with E-state index in [0.717, 1.165) is 24.3 Å². The Morgan fingerprint density at radius 2 is 2.00 bits per heavy atom. The van der Waals surface area contributed by atoms with Crippen LogP contribution in [-0.4, -0.2) is 6.54 Å². The molecule has 1 fully saturated rings. The highest BCUT2D eigenvalue weighted by atomic mass is 14.9. The van der Waals surface area contributed by atoms with E-state index in [1.165, 1.54) is 24.1 Å². The quantitative estimate of drug-likeness (QED) is 0.769. The minimum atomic E-state index is 0.591. The summed E-state index contributed by atoms with van der Waals surface area (Å²) in [6.07, 6.45) is 7.65. The molecule has 0 spiro atoms. The van der Waals surface area contributed by atoms with Crippen molar-refractivity contribution in [2.75, 3.05) is 11.9 Å². The van der Waals surface area contributed by atoms with Gasteiger partial charge in [0.2, 0.25) is 0 Å². The molecule has 96 valence electrons. The van der Waals surface area contributed by atoms with E-state index in [4.69, 9.17) is 0 Å². The first-order valence-corrected chi connectivity index (χ1v) is 7.25. The Balaban J connectivity index is 1.65. The lowest BCUT2D eigenvalue weighted by atomic mass is 9.93. The summed E-state index contributed by atoms with van der Waals surface area (Å²) in [5.41, 5.74) is 2.77. The fourth-order valence-electron chi connectivity index (χ4n) is 3.53. The molecule has 3 atom stereocenters. The van der Waals surface area contributed by atoms with Gasteiger partial charge in [-0.1, -0.05) is 44.2 Å². The van der Waals surface area contributed by atoms with Crippen molar-refractivity contribution >= 4 is 5.69 Å². The molecule has 0 amide bonds.